The standard InChI is InChI=1S/C39H24N4O3.Pt/c1-42-20-19-41-39(42)32-23-26(21-30-28-13-5-7-15-34(28)45-37(30)32)44-27-22-31-29-14-6-8-16-35(29)46-38(31)33(24-27)43(25-11-3-2-4-12-25)36-17-9-10-18-40-36;/h2-22H,1H3;/q-2;+2. The molecule has 0 aliphatic heterocycles. The fourth-order valence-corrected chi connectivity index (χ4v) is 6.06. The second-order valence-corrected chi connectivity index (χ2v) is 11.0. The van der Waals surface area contributed by atoms with Gasteiger partial charge in [-0.25, -0.2) is 4.98 Å². The first-order valence-electron chi connectivity index (χ1n) is 14.9. The Labute approximate surface area is 283 Å². The van der Waals surface area contributed by atoms with E-state index in [1.165, 1.54) is 0 Å². The minimum Gasteiger partial charge on any atom is -0.513 e. The summed E-state index contributed by atoms with van der Waals surface area (Å²) in [6.45, 7) is 0. The maximum Gasteiger partial charge on any atom is 2.00 e. The van der Waals surface area contributed by atoms with E-state index in [-0.39, 0.29) is 21.1 Å². The van der Waals surface area contributed by atoms with Gasteiger partial charge >= 0.3 is 21.1 Å². The number of rotatable bonds is 6. The Morgan fingerprint density at radius 3 is 1.98 bits per heavy atom. The van der Waals surface area contributed by atoms with Crippen LogP contribution in [0.3, 0.4) is 0 Å². The van der Waals surface area contributed by atoms with E-state index in [0.29, 0.717) is 33.9 Å². The molecule has 0 aliphatic carbocycles. The van der Waals surface area contributed by atoms with Crippen LogP contribution in [-0.4, -0.2) is 14.5 Å². The fourth-order valence-electron chi connectivity index (χ4n) is 6.06. The largest absolute Gasteiger partial charge is 2.00 e. The molecule has 0 bridgehead atoms. The molecule has 0 spiro atoms. The average molecular weight is 792 g/mol. The Kier molecular flexibility index (Phi) is 7.11. The van der Waals surface area contributed by atoms with Gasteiger partial charge in [-0.1, -0.05) is 89.1 Å². The van der Waals surface area contributed by atoms with Gasteiger partial charge in [0.25, 0.3) is 0 Å². The number of imidazole rings is 1. The van der Waals surface area contributed by atoms with Crippen molar-refractivity contribution in [1.29, 1.82) is 0 Å². The number of furan rings is 2. The van der Waals surface area contributed by atoms with Crippen molar-refractivity contribution in [3.05, 3.63) is 140 Å². The molecule has 0 radical (unpaired) electrons. The van der Waals surface area contributed by atoms with E-state index < -0.39 is 0 Å². The first-order chi connectivity index (χ1) is 22.7. The SMILES string of the molecule is Cn1ccnc1-c1[c-]c(Oc2[c-]c(N(c3ccccc3)c3ccccn3)c3oc4ccccc4c3c2)cc2c1oc1ccccc12.[Pt+2]. The molecule has 0 saturated carbocycles. The minimum atomic E-state index is 0. The van der Waals surface area contributed by atoms with Crippen LogP contribution in [0.4, 0.5) is 17.2 Å². The summed E-state index contributed by atoms with van der Waals surface area (Å²) in [5, 5.41) is 3.77. The maximum absolute atomic E-state index is 6.69. The van der Waals surface area contributed by atoms with Crippen LogP contribution in [0, 0.1) is 12.1 Å². The van der Waals surface area contributed by atoms with E-state index in [1.54, 1.807) is 12.4 Å². The smallest absolute Gasteiger partial charge is 0.513 e. The van der Waals surface area contributed by atoms with E-state index in [0.717, 1.165) is 50.0 Å². The van der Waals surface area contributed by atoms with Crippen molar-refractivity contribution in [3.8, 4) is 22.9 Å². The second kappa shape index (κ2) is 11.6. The first kappa shape index (κ1) is 28.8. The van der Waals surface area contributed by atoms with Crippen LogP contribution in [0.1, 0.15) is 0 Å². The molecule has 0 saturated heterocycles. The van der Waals surface area contributed by atoms with Gasteiger partial charge in [-0.3, -0.25) is 4.98 Å². The number of anilines is 3. The van der Waals surface area contributed by atoms with Gasteiger partial charge in [0.15, 0.2) is 0 Å². The molecule has 5 aromatic carbocycles. The summed E-state index contributed by atoms with van der Waals surface area (Å²) in [6.07, 6.45) is 5.44. The molecular formula is C39H24N4O3Pt. The number of benzene rings is 5. The molecule has 8 heteroatoms. The van der Waals surface area contributed by atoms with Crippen molar-refractivity contribution in [2.45, 2.75) is 0 Å². The number of nitrogens with zero attached hydrogens (tertiary/aromatic N) is 4. The van der Waals surface area contributed by atoms with E-state index in [2.05, 4.69) is 23.2 Å². The second-order valence-electron chi connectivity index (χ2n) is 11.0. The van der Waals surface area contributed by atoms with E-state index in [4.69, 9.17) is 18.6 Å². The van der Waals surface area contributed by atoms with E-state index in [1.807, 2.05) is 126 Å². The Morgan fingerprint density at radius 2 is 1.30 bits per heavy atom. The summed E-state index contributed by atoms with van der Waals surface area (Å²) in [7, 11) is 1.95. The molecule has 0 N–H and O–H groups in total. The number of pyridine rings is 1. The summed E-state index contributed by atoms with van der Waals surface area (Å²) in [4.78, 5) is 11.4. The zero-order valence-corrected chi connectivity index (χ0v) is 27.2. The third kappa shape index (κ3) is 4.87. The first-order valence-corrected chi connectivity index (χ1v) is 14.9. The van der Waals surface area contributed by atoms with Gasteiger partial charge in [-0.15, -0.1) is 12.1 Å². The Bertz CT molecular complexity index is 2500. The van der Waals surface area contributed by atoms with Crippen LogP contribution in [0.15, 0.2) is 137 Å². The number of ether oxygens (including phenoxy) is 1. The Hall–Kier alpha value is -5.65. The third-order valence-corrected chi connectivity index (χ3v) is 8.13. The van der Waals surface area contributed by atoms with Crippen molar-refractivity contribution in [2.24, 2.45) is 7.05 Å². The molecular weight excluding hydrogens is 768 g/mol. The van der Waals surface area contributed by atoms with Crippen LogP contribution in [0.5, 0.6) is 11.5 Å². The minimum absolute atomic E-state index is 0. The Balaban J connectivity index is 0.00000324. The van der Waals surface area contributed by atoms with Crippen molar-refractivity contribution < 1.29 is 34.6 Å². The van der Waals surface area contributed by atoms with Crippen molar-refractivity contribution in [2.75, 3.05) is 4.90 Å². The molecule has 9 rings (SSSR count). The molecule has 0 amide bonds. The van der Waals surface area contributed by atoms with Gasteiger partial charge < -0.3 is 23.0 Å². The zero-order valence-electron chi connectivity index (χ0n) is 25.0. The number of aromatic nitrogens is 3. The van der Waals surface area contributed by atoms with Gasteiger partial charge in [0.05, 0.1) is 11.4 Å². The van der Waals surface area contributed by atoms with Crippen molar-refractivity contribution >= 4 is 61.1 Å². The summed E-state index contributed by atoms with van der Waals surface area (Å²) in [5.41, 5.74) is 5.23. The van der Waals surface area contributed by atoms with Crippen LogP contribution in [0.25, 0.3) is 55.3 Å². The number of hydrogen-bond donors (Lipinski definition) is 0. The van der Waals surface area contributed by atoms with Gasteiger partial charge in [-0.2, -0.15) is 0 Å². The molecule has 0 fully saturated rings. The molecule has 9 aromatic rings. The quantitative estimate of drug-likeness (QED) is 0.156. The van der Waals surface area contributed by atoms with Crippen LogP contribution in [0.2, 0.25) is 0 Å². The van der Waals surface area contributed by atoms with Crippen LogP contribution >= 0.6 is 0 Å². The average Bonchev–Trinajstić information content (AvgIpc) is 3.81. The van der Waals surface area contributed by atoms with Crippen LogP contribution in [-0.2, 0) is 28.1 Å². The molecule has 4 heterocycles. The van der Waals surface area contributed by atoms with Crippen molar-refractivity contribution in [3.63, 3.8) is 0 Å². The molecule has 0 aliphatic rings. The summed E-state index contributed by atoms with van der Waals surface area (Å²) in [5.74, 6) is 2.45. The van der Waals surface area contributed by atoms with Gasteiger partial charge in [-0.05, 0) is 42.1 Å². The molecule has 47 heavy (non-hydrogen) atoms. The number of aryl methyl sites for hydroxylation is 1. The number of fused-ring (bicyclic) bond motifs is 6. The van der Waals surface area contributed by atoms with E-state index in [9.17, 15) is 0 Å². The summed E-state index contributed by atoms with van der Waals surface area (Å²) < 4.78 is 21.5. The normalized spacial score (nSPS) is 11.3. The predicted molar refractivity (Wildman–Crippen MR) is 180 cm³/mol. The Morgan fingerprint density at radius 1 is 0.660 bits per heavy atom. The van der Waals surface area contributed by atoms with Crippen molar-refractivity contribution in [1.82, 2.24) is 14.5 Å². The summed E-state index contributed by atoms with van der Waals surface area (Å²) >= 11 is 0. The molecule has 0 atom stereocenters. The number of para-hydroxylation sites is 3. The monoisotopic (exact) mass is 791 g/mol. The number of hydrogen-bond acceptors (Lipinski definition) is 6. The van der Waals surface area contributed by atoms with Gasteiger partial charge in [0.2, 0.25) is 0 Å². The van der Waals surface area contributed by atoms with Gasteiger partial charge in [0.1, 0.15) is 17.0 Å². The van der Waals surface area contributed by atoms with Gasteiger partial charge in [0, 0.05) is 59.2 Å². The fraction of sp³-hybridized carbons (Fsp3) is 0.0256. The molecule has 228 valence electrons. The third-order valence-electron chi connectivity index (χ3n) is 8.13. The molecule has 0 unspecified atom stereocenters. The van der Waals surface area contributed by atoms with E-state index >= 15 is 0 Å². The zero-order chi connectivity index (χ0) is 30.6. The molecule has 4 aromatic heterocycles. The maximum atomic E-state index is 6.69. The van der Waals surface area contributed by atoms with Crippen LogP contribution < -0.4 is 9.64 Å². The molecule has 7 nitrogen and oxygen atoms in total. The predicted octanol–water partition coefficient (Wildman–Crippen LogP) is 10.1. The summed E-state index contributed by atoms with van der Waals surface area (Å²) in [6, 6.07) is 42.8. The topological polar surface area (TPSA) is 69.5 Å².